The number of hydrogen-bond acceptors (Lipinski definition) is 6. The summed E-state index contributed by atoms with van der Waals surface area (Å²) in [6.45, 7) is 4.07. The molecule has 0 amide bonds. The number of aromatic amines is 1. The zero-order valence-corrected chi connectivity index (χ0v) is 45.2. The Labute approximate surface area is 437 Å². The number of fused-ring (bicyclic) bond motifs is 1. The van der Waals surface area contributed by atoms with Crippen molar-refractivity contribution in [2.45, 2.75) is 37.0 Å². The first-order valence-corrected chi connectivity index (χ1v) is 32.0. The number of anilines is 1. The van der Waals surface area contributed by atoms with Crippen LogP contribution in [0.1, 0.15) is 31.9 Å². The van der Waals surface area contributed by atoms with Gasteiger partial charge in [-0.2, -0.15) is 0 Å². The van der Waals surface area contributed by atoms with Gasteiger partial charge in [-0.05, 0) is 86.0 Å². The van der Waals surface area contributed by atoms with Gasteiger partial charge in [0, 0.05) is 41.5 Å². The molecule has 13 heteroatoms. The maximum absolute atomic E-state index is 12.8. The van der Waals surface area contributed by atoms with Crippen molar-refractivity contribution in [1.29, 1.82) is 0 Å². The van der Waals surface area contributed by atoms with Crippen molar-refractivity contribution in [3.8, 4) is 11.4 Å². The van der Waals surface area contributed by atoms with Gasteiger partial charge in [0.25, 0.3) is 0 Å². The summed E-state index contributed by atoms with van der Waals surface area (Å²) in [5.74, 6) is 1.34. The molecule has 1 saturated heterocycles. The Bertz CT molecular complexity index is 2840. The molecule has 9 aromatic rings. The zero-order valence-electron chi connectivity index (χ0n) is 39.5. The first kappa shape index (κ1) is 52.3. The van der Waals surface area contributed by atoms with Gasteiger partial charge in [0.2, 0.25) is 0 Å². The monoisotopic (exact) mass is 1130 g/mol. The minimum atomic E-state index is -3.31. The van der Waals surface area contributed by atoms with Crippen molar-refractivity contribution in [3.63, 3.8) is 0 Å². The Morgan fingerprint density at radius 1 is 0.620 bits per heavy atom. The van der Waals surface area contributed by atoms with Crippen LogP contribution in [-0.2, 0) is 35.3 Å². The smallest absolute Gasteiger partial charge is 0.0134 e. The van der Waals surface area contributed by atoms with E-state index in [4.69, 9.17) is 33.8 Å². The van der Waals surface area contributed by atoms with Gasteiger partial charge in [-0.3, -0.25) is 0 Å². The number of hydrogen-bond donors (Lipinski definition) is 1. The maximum atomic E-state index is 12.8. The molecule has 2 fully saturated rings. The number of H-pyrrole nitrogens is 1. The summed E-state index contributed by atoms with van der Waals surface area (Å²) < 4.78 is 30.3. The quantitative estimate of drug-likeness (QED) is 0.108. The number of rotatable bonds is 10. The Balaban J connectivity index is 0.000000144. The van der Waals surface area contributed by atoms with Crippen molar-refractivity contribution in [1.82, 2.24) is 15.0 Å². The first-order valence-electron chi connectivity index (χ1n) is 23.4. The molecule has 0 unspecified atom stereocenters. The Morgan fingerprint density at radius 3 is 1.41 bits per heavy atom. The van der Waals surface area contributed by atoms with Crippen molar-refractivity contribution in [2.24, 2.45) is 0 Å². The maximum Gasteiger partial charge on any atom is -0.0134 e. The summed E-state index contributed by atoms with van der Waals surface area (Å²) >= 11 is -0.106. The number of nitrogens with zero attached hydrogens (tertiary/aromatic N) is 3. The van der Waals surface area contributed by atoms with Crippen LogP contribution in [0.2, 0.25) is 0 Å². The molecular weight excluding hydrogens is 1070 g/mol. The number of morpholine rings is 1. The molecule has 2 aromatic heterocycles. The number of sulfone groups is 1. The van der Waals surface area contributed by atoms with Crippen LogP contribution in [-0.4, -0.2) is 55.4 Å². The summed E-state index contributed by atoms with van der Waals surface area (Å²) in [6, 6.07) is 74.7. The largest absolute Gasteiger partial charge is 0.0622 e. The summed E-state index contributed by atoms with van der Waals surface area (Å²) in [7, 11) is 5.42. The number of halogens is 2. The van der Waals surface area contributed by atoms with Crippen LogP contribution in [0.3, 0.4) is 0 Å². The topological polar surface area (TPSA) is 88.2 Å². The van der Waals surface area contributed by atoms with Gasteiger partial charge >= 0.3 is 35.0 Å². The van der Waals surface area contributed by atoms with E-state index in [1.807, 2.05) is 36.5 Å². The molecular formula is C58H56Cl2N4O3P2PdS. The molecule has 0 bridgehead atoms. The molecule has 1 saturated carbocycles. The molecule has 1 atom stereocenters. The van der Waals surface area contributed by atoms with E-state index in [1.165, 1.54) is 38.1 Å². The average Bonchev–Trinajstić information content (AvgIpc) is 3.88. The van der Waals surface area contributed by atoms with Gasteiger partial charge in [-0.15, -0.1) is 0 Å². The average molecular weight is 1130 g/mol. The summed E-state index contributed by atoms with van der Waals surface area (Å²) in [6.07, 6.45) is 5.33. The molecule has 1 aliphatic carbocycles. The van der Waals surface area contributed by atoms with E-state index in [1.54, 1.807) is 0 Å². The fourth-order valence-electron chi connectivity index (χ4n) is 8.95. The van der Waals surface area contributed by atoms with Crippen LogP contribution in [0.4, 0.5) is 5.82 Å². The number of benzene rings is 7. The standard InChI is InChI=1S/C22H26N4O3S.2C18H15P.2ClH.Pd/c1-15-14-29-12-11-26(15)20-13-19(22(8-4-9-22)30(2,27)28)24-21(25-20)17-5-3-6-18-16(17)7-10-23-18;2*1-4-10-16(11-5-1)19(17-12-6-2-7-13-17)18-14-8-3-9-15-18;;;/h3,5-7,10,13,15,23H,4,8-9,11-12,14H2,1-2H3;2*1-15H;2*1H;/q;;;;;+2/p-2/t15-;;;;;/m1...../s1. The van der Waals surface area contributed by atoms with Crippen molar-refractivity contribution >= 4 is 93.3 Å². The molecule has 3 heterocycles. The van der Waals surface area contributed by atoms with Crippen LogP contribution in [0.25, 0.3) is 22.3 Å². The molecule has 2 aliphatic rings. The summed E-state index contributed by atoms with van der Waals surface area (Å²) in [5, 5.41) is 9.41. The normalized spacial score (nSPS) is 15.1. The van der Waals surface area contributed by atoms with Crippen LogP contribution in [0, 0.1) is 0 Å². The van der Waals surface area contributed by atoms with Gasteiger partial charge in [0.15, 0.2) is 15.7 Å². The SMILES string of the molecule is C[C@@H]1COCCN1c1cc(C2(S(C)(=O)=O)CCC2)nc(-c2cccc3[nH]ccc23)n1.[Cl][Pd][Cl].c1ccc(P(c2ccccc2)c2ccccc2)cc1.c1ccc(P(c2ccccc2)c2ccccc2)cc1. The Kier molecular flexibility index (Phi) is 18.8. The summed E-state index contributed by atoms with van der Waals surface area (Å²) in [4.78, 5) is 15.2. The molecule has 11 rings (SSSR count). The van der Waals surface area contributed by atoms with Crippen molar-refractivity contribution < 1.29 is 29.1 Å². The fraction of sp³-hybridized carbons (Fsp3) is 0.172. The second kappa shape index (κ2) is 25.6. The van der Waals surface area contributed by atoms with Crippen LogP contribution in [0.15, 0.2) is 219 Å². The summed E-state index contributed by atoms with van der Waals surface area (Å²) in [5.41, 5.74) is 2.52. The third-order valence-electron chi connectivity index (χ3n) is 12.6. The van der Waals surface area contributed by atoms with Crippen LogP contribution in [0.5, 0.6) is 0 Å². The molecule has 7 aromatic carbocycles. The fourth-order valence-corrected chi connectivity index (χ4v) is 15.1. The van der Waals surface area contributed by atoms with E-state index in [2.05, 4.69) is 199 Å². The predicted molar refractivity (Wildman–Crippen MR) is 299 cm³/mol. The predicted octanol–water partition coefficient (Wildman–Crippen LogP) is 11.5. The third-order valence-corrected chi connectivity index (χ3v) is 19.6. The molecule has 71 heavy (non-hydrogen) atoms. The second-order valence-corrected chi connectivity index (χ2v) is 26.3. The van der Waals surface area contributed by atoms with E-state index in [9.17, 15) is 8.42 Å². The molecule has 0 radical (unpaired) electrons. The van der Waals surface area contributed by atoms with Crippen molar-refractivity contribution in [2.75, 3.05) is 30.9 Å². The minimum absolute atomic E-state index is 0.106. The van der Waals surface area contributed by atoms with E-state index in [0.29, 0.717) is 37.6 Å². The number of aromatic nitrogens is 3. The van der Waals surface area contributed by atoms with Gasteiger partial charge in [0.1, 0.15) is 10.6 Å². The van der Waals surface area contributed by atoms with Crippen LogP contribution >= 0.6 is 34.9 Å². The van der Waals surface area contributed by atoms with Gasteiger partial charge in [-0.25, -0.2) is 18.4 Å². The van der Waals surface area contributed by atoms with Crippen molar-refractivity contribution in [3.05, 3.63) is 224 Å². The molecule has 7 nitrogen and oxygen atoms in total. The number of ether oxygens (including phenoxy) is 1. The van der Waals surface area contributed by atoms with E-state index in [-0.39, 0.29) is 22.0 Å². The Morgan fingerprint density at radius 2 is 1.04 bits per heavy atom. The van der Waals surface area contributed by atoms with Gasteiger partial charge < -0.3 is 14.6 Å². The van der Waals surface area contributed by atoms with Crippen LogP contribution < -0.4 is 36.7 Å². The van der Waals surface area contributed by atoms with Gasteiger partial charge in [-0.1, -0.05) is 194 Å². The van der Waals surface area contributed by atoms with E-state index >= 15 is 0 Å². The molecule has 366 valence electrons. The third kappa shape index (κ3) is 13.0. The van der Waals surface area contributed by atoms with E-state index in [0.717, 1.165) is 35.2 Å². The Hall–Kier alpha value is -5.03. The first-order chi connectivity index (χ1) is 34.7. The number of nitrogens with one attached hydrogen (secondary N) is 1. The molecule has 1 N–H and O–H groups in total. The zero-order chi connectivity index (χ0) is 49.5. The molecule has 1 aliphatic heterocycles. The van der Waals surface area contributed by atoms with Gasteiger partial charge in [0.05, 0.1) is 24.9 Å². The molecule has 0 spiro atoms. The second-order valence-electron chi connectivity index (χ2n) is 17.1. The minimum Gasteiger partial charge on any atom is -0.0622 e. The van der Waals surface area contributed by atoms with E-state index < -0.39 is 30.4 Å².